The van der Waals surface area contributed by atoms with Crippen LogP contribution in [0.2, 0.25) is 0 Å². The second kappa shape index (κ2) is 10.3. The summed E-state index contributed by atoms with van der Waals surface area (Å²) < 4.78 is 11.7. The average molecular weight is 460 g/mol. The number of pyridine rings is 2. The fraction of sp³-hybridized carbons (Fsp3) is 0.280. The van der Waals surface area contributed by atoms with Crippen LogP contribution in [0.5, 0.6) is 11.5 Å². The molecule has 1 aromatic carbocycles. The van der Waals surface area contributed by atoms with Gasteiger partial charge in [-0.25, -0.2) is 4.98 Å². The normalized spacial score (nSPS) is 14.3. The average Bonchev–Trinajstić information content (AvgIpc) is 2.84. The lowest BCUT2D eigenvalue weighted by atomic mass is 10.0. The van der Waals surface area contributed by atoms with E-state index in [4.69, 9.17) is 20.3 Å². The zero-order valence-corrected chi connectivity index (χ0v) is 18.8. The molecule has 0 amide bonds. The third kappa shape index (κ3) is 5.49. The number of carbonyl (C=O) groups is 1. The molecule has 0 saturated carbocycles. The van der Waals surface area contributed by atoms with Gasteiger partial charge in [0.1, 0.15) is 23.4 Å². The maximum Gasteiger partial charge on any atom is 0.320 e. The zero-order valence-electron chi connectivity index (χ0n) is 18.8. The van der Waals surface area contributed by atoms with E-state index in [1.807, 2.05) is 19.1 Å². The molecular formula is C25H25N5O4. The number of hydrogen-bond acceptors (Lipinski definition) is 8. The van der Waals surface area contributed by atoms with Crippen LogP contribution in [0.1, 0.15) is 16.8 Å². The molecule has 1 aliphatic rings. The Morgan fingerprint density at radius 1 is 1.26 bits per heavy atom. The lowest BCUT2D eigenvalue weighted by Gasteiger charge is -2.28. The van der Waals surface area contributed by atoms with Crippen molar-refractivity contribution in [3.8, 4) is 28.8 Å². The molecule has 0 bridgehead atoms. The van der Waals surface area contributed by atoms with Gasteiger partial charge in [-0.15, -0.1) is 0 Å². The molecule has 174 valence electrons. The number of morpholine rings is 1. The minimum absolute atomic E-state index is 0.181. The highest BCUT2D eigenvalue weighted by Gasteiger charge is 2.17. The number of carboxylic acids is 1. The van der Waals surface area contributed by atoms with Gasteiger partial charge in [-0.3, -0.25) is 9.78 Å². The highest BCUT2D eigenvalue weighted by Crippen LogP contribution is 2.34. The smallest absolute Gasteiger partial charge is 0.320 e. The fourth-order valence-electron chi connectivity index (χ4n) is 3.69. The number of nitriles is 1. The van der Waals surface area contributed by atoms with Gasteiger partial charge in [-0.2, -0.15) is 5.26 Å². The number of benzene rings is 1. The van der Waals surface area contributed by atoms with Crippen LogP contribution in [0, 0.1) is 18.3 Å². The number of nitrogens with zero attached hydrogens (tertiary/aromatic N) is 4. The summed E-state index contributed by atoms with van der Waals surface area (Å²) in [6.45, 7) is 4.73. The summed E-state index contributed by atoms with van der Waals surface area (Å²) in [5.74, 6) is 0.846. The maximum absolute atomic E-state index is 11.0. The van der Waals surface area contributed by atoms with Crippen LogP contribution in [0.4, 0.5) is 5.82 Å². The summed E-state index contributed by atoms with van der Waals surface area (Å²) in [7, 11) is 0. The van der Waals surface area contributed by atoms with E-state index >= 15 is 0 Å². The highest BCUT2D eigenvalue weighted by atomic mass is 16.5. The summed E-state index contributed by atoms with van der Waals surface area (Å²) >= 11 is 0. The Kier molecular flexibility index (Phi) is 7.01. The SMILES string of the molecule is Cc1cc(Oc2cc(C#N)ccc2-c2ccc(C[C@@H](N)C(=O)O)cn2)cc(N2CCOCC2)n1. The Morgan fingerprint density at radius 2 is 2.06 bits per heavy atom. The Balaban J connectivity index is 1.64. The number of aromatic nitrogens is 2. The lowest BCUT2D eigenvalue weighted by molar-refractivity contribution is -0.138. The number of rotatable bonds is 7. The fourth-order valence-corrected chi connectivity index (χ4v) is 3.69. The predicted molar refractivity (Wildman–Crippen MR) is 126 cm³/mol. The van der Waals surface area contributed by atoms with Crippen molar-refractivity contribution >= 4 is 11.8 Å². The van der Waals surface area contributed by atoms with E-state index in [1.165, 1.54) is 0 Å². The standard InChI is InChI=1S/C25H25N5O4/c1-16-10-19(13-24(29-16)30-6-8-33-9-7-30)34-23-12-17(14-26)2-4-20(23)22-5-3-18(15-28-22)11-21(27)25(31)32/h2-5,10,12-13,15,21H,6-9,11,27H2,1H3,(H,31,32)/t21-/m1/s1. The number of anilines is 1. The molecule has 1 saturated heterocycles. The first-order valence-corrected chi connectivity index (χ1v) is 10.9. The van der Waals surface area contributed by atoms with Crippen molar-refractivity contribution in [2.45, 2.75) is 19.4 Å². The third-order valence-corrected chi connectivity index (χ3v) is 5.46. The molecule has 3 heterocycles. The molecule has 0 radical (unpaired) electrons. The Morgan fingerprint density at radius 3 is 2.74 bits per heavy atom. The van der Waals surface area contributed by atoms with Gasteiger partial charge in [0.05, 0.1) is 30.5 Å². The second-order valence-corrected chi connectivity index (χ2v) is 8.03. The number of aliphatic carboxylic acids is 1. The lowest BCUT2D eigenvalue weighted by Crippen LogP contribution is -2.36. The van der Waals surface area contributed by atoms with Gasteiger partial charge in [-0.1, -0.05) is 6.07 Å². The van der Waals surface area contributed by atoms with E-state index in [2.05, 4.69) is 20.9 Å². The first-order chi connectivity index (χ1) is 16.4. The number of ether oxygens (including phenoxy) is 2. The molecule has 4 rings (SSSR count). The third-order valence-electron chi connectivity index (χ3n) is 5.46. The summed E-state index contributed by atoms with van der Waals surface area (Å²) in [4.78, 5) is 22.3. The van der Waals surface area contributed by atoms with Crippen LogP contribution in [0.3, 0.4) is 0 Å². The van der Waals surface area contributed by atoms with Crippen molar-refractivity contribution in [2.75, 3.05) is 31.2 Å². The molecule has 1 fully saturated rings. The zero-order chi connectivity index (χ0) is 24.1. The van der Waals surface area contributed by atoms with Crippen LogP contribution in [0.15, 0.2) is 48.7 Å². The monoisotopic (exact) mass is 459 g/mol. The second-order valence-electron chi connectivity index (χ2n) is 8.03. The van der Waals surface area contributed by atoms with Gasteiger partial charge in [0.25, 0.3) is 0 Å². The minimum atomic E-state index is -1.06. The van der Waals surface area contributed by atoms with Gasteiger partial charge in [-0.05, 0) is 43.2 Å². The Labute approximate surface area is 197 Å². The van der Waals surface area contributed by atoms with Crippen molar-refractivity contribution in [2.24, 2.45) is 5.73 Å². The Bertz CT molecular complexity index is 1220. The number of carboxylic acid groups (broad SMARTS) is 1. The van der Waals surface area contributed by atoms with E-state index in [-0.39, 0.29) is 6.42 Å². The minimum Gasteiger partial charge on any atom is -0.480 e. The first kappa shape index (κ1) is 23.2. The molecule has 2 aromatic heterocycles. The van der Waals surface area contributed by atoms with E-state index in [1.54, 1.807) is 36.5 Å². The van der Waals surface area contributed by atoms with Crippen LogP contribution < -0.4 is 15.4 Å². The largest absolute Gasteiger partial charge is 0.480 e. The molecule has 9 heteroatoms. The van der Waals surface area contributed by atoms with Gasteiger partial charge >= 0.3 is 5.97 Å². The van der Waals surface area contributed by atoms with Crippen LogP contribution in [-0.4, -0.2) is 53.4 Å². The number of nitrogens with two attached hydrogens (primary N) is 1. The van der Waals surface area contributed by atoms with Crippen molar-refractivity contribution in [1.29, 1.82) is 5.26 Å². The summed E-state index contributed by atoms with van der Waals surface area (Å²) in [5, 5.41) is 18.4. The first-order valence-electron chi connectivity index (χ1n) is 10.9. The quantitative estimate of drug-likeness (QED) is 0.547. The van der Waals surface area contributed by atoms with Gasteiger partial charge in [0, 0.05) is 42.7 Å². The molecule has 3 aromatic rings. The topological polar surface area (TPSA) is 135 Å². The van der Waals surface area contributed by atoms with Crippen LogP contribution in [0.25, 0.3) is 11.3 Å². The molecule has 9 nitrogen and oxygen atoms in total. The summed E-state index contributed by atoms with van der Waals surface area (Å²) in [5.41, 5.74) is 8.95. The van der Waals surface area contributed by atoms with Crippen molar-refractivity contribution in [1.82, 2.24) is 9.97 Å². The molecule has 0 aliphatic carbocycles. The van der Waals surface area contributed by atoms with Crippen LogP contribution >= 0.6 is 0 Å². The van der Waals surface area contributed by atoms with Crippen LogP contribution in [-0.2, 0) is 16.0 Å². The van der Waals surface area contributed by atoms with Crippen molar-refractivity contribution in [3.05, 3.63) is 65.5 Å². The Hall–Kier alpha value is -4.00. The van der Waals surface area contributed by atoms with E-state index in [0.717, 1.165) is 30.2 Å². The molecular weight excluding hydrogens is 434 g/mol. The summed E-state index contributed by atoms with van der Waals surface area (Å²) in [6, 6.07) is 13.6. The van der Waals surface area contributed by atoms with E-state index in [9.17, 15) is 10.1 Å². The molecule has 1 aliphatic heterocycles. The van der Waals surface area contributed by atoms with E-state index in [0.29, 0.717) is 41.5 Å². The molecule has 0 spiro atoms. The molecule has 3 N–H and O–H groups in total. The van der Waals surface area contributed by atoms with Gasteiger partial charge in [0.15, 0.2) is 0 Å². The van der Waals surface area contributed by atoms with Gasteiger partial charge in [0.2, 0.25) is 0 Å². The van der Waals surface area contributed by atoms with Crippen molar-refractivity contribution in [3.63, 3.8) is 0 Å². The number of hydrogen-bond donors (Lipinski definition) is 2. The summed E-state index contributed by atoms with van der Waals surface area (Å²) in [6.07, 6.45) is 1.78. The number of aryl methyl sites for hydroxylation is 1. The molecule has 0 unspecified atom stereocenters. The van der Waals surface area contributed by atoms with Gasteiger partial charge < -0.3 is 25.2 Å². The van der Waals surface area contributed by atoms with E-state index < -0.39 is 12.0 Å². The maximum atomic E-state index is 11.0. The molecule has 34 heavy (non-hydrogen) atoms. The predicted octanol–water partition coefficient (Wildman–Crippen LogP) is 2.91. The molecule has 1 atom stereocenters. The highest BCUT2D eigenvalue weighted by molar-refractivity contribution is 5.73. The van der Waals surface area contributed by atoms with Crippen molar-refractivity contribution < 1.29 is 19.4 Å².